The molecule has 1 aliphatic rings. The minimum Gasteiger partial charge on any atom is -0.399 e. The molecule has 0 unspecified atom stereocenters. The van der Waals surface area contributed by atoms with Crippen LogP contribution in [0, 0.1) is 0 Å². The lowest BCUT2D eigenvalue weighted by atomic mass is 10.3. The summed E-state index contributed by atoms with van der Waals surface area (Å²) in [6.45, 7) is 0. The fraction of sp³-hybridized carbons (Fsp3) is 0.125. The van der Waals surface area contributed by atoms with Gasteiger partial charge in [-0.25, -0.2) is 4.90 Å². The minimum absolute atomic E-state index is 0.112. The van der Waals surface area contributed by atoms with Crippen molar-refractivity contribution in [1.82, 2.24) is 0 Å². The quantitative estimate of drug-likeness (QED) is 0.658. The molecule has 0 saturated carbocycles. The van der Waals surface area contributed by atoms with E-state index in [0.29, 0.717) is 16.4 Å². The fourth-order valence-corrected chi connectivity index (χ4v) is 3.87. The van der Waals surface area contributed by atoms with E-state index in [4.69, 9.17) is 28.9 Å². The number of carbonyl (C=O) groups is 2. The second-order valence-corrected chi connectivity index (χ2v) is 7.08. The summed E-state index contributed by atoms with van der Waals surface area (Å²) in [5, 5.41) is 0.00141. The predicted molar refractivity (Wildman–Crippen MR) is 94.1 cm³/mol. The van der Waals surface area contributed by atoms with Gasteiger partial charge in [0.1, 0.15) is 0 Å². The molecular weight excluding hydrogens is 355 g/mol. The smallest absolute Gasteiger partial charge is 0.247 e. The van der Waals surface area contributed by atoms with E-state index in [1.54, 1.807) is 30.3 Å². The van der Waals surface area contributed by atoms with Gasteiger partial charge < -0.3 is 5.73 Å². The molecule has 2 aromatic rings. The third-order valence-corrected chi connectivity index (χ3v) is 5.40. The van der Waals surface area contributed by atoms with Crippen molar-refractivity contribution in [2.24, 2.45) is 0 Å². The van der Waals surface area contributed by atoms with Crippen LogP contribution in [0.1, 0.15) is 6.42 Å². The molecule has 2 N–H and O–H groups in total. The molecule has 2 aromatic carbocycles. The first-order valence-corrected chi connectivity index (χ1v) is 8.44. The average Bonchev–Trinajstić information content (AvgIpc) is 2.77. The Morgan fingerprint density at radius 2 is 1.87 bits per heavy atom. The van der Waals surface area contributed by atoms with E-state index < -0.39 is 5.25 Å². The van der Waals surface area contributed by atoms with Gasteiger partial charge in [-0.3, -0.25) is 9.59 Å². The van der Waals surface area contributed by atoms with E-state index in [9.17, 15) is 9.59 Å². The third-order valence-electron chi connectivity index (χ3n) is 3.41. The Balaban J connectivity index is 1.87. The molecular formula is C16H12Cl2N2O2S. The molecule has 2 amide bonds. The van der Waals surface area contributed by atoms with Gasteiger partial charge in [-0.2, -0.15) is 0 Å². The largest absolute Gasteiger partial charge is 0.399 e. The monoisotopic (exact) mass is 366 g/mol. The SMILES string of the molecule is Nc1cccc(S[C@H]2CC(=O)N(c3cccc(Cl)c3Cl)C2=O)c1. The first kappa shape index (κ1) is 16.2. The van der Waals surface area contributed by atoms with Crippen LogP contribution >= 0.6 is 35.0 Å². The molecule has 4 nitrogen and oxygen atoms in total. The number of rotatable bonds is 3. The number of carbonyl (C=O) groups excluding carboxylic acids is 2. The Morgan fingerprint density at radius 3 is 2.61 bits per heavy atom. The summed E-state index contributed by atoms with van der Waals surface area (Å²) in [5.41, 5.74) is 6.68. The number of halogens is 2. The number of anilines is 2. The molecule has 1 atom stereocenters. The maximum absolute atomic E-state index is 12.6. The van der Waals surface area contributed by atoms with Crippen molar-refractivity contribution in [2.75, 3.05) is 10.6 Å². The van der Waals surface area contributed by atoms with E-state index in [0.717, 1.165) is 9.80 Å². The molecule has 0 radical (unpaired) electrons. The summed E-state index contributed by atoms with van der Waals surface area (Å²) in [5.74, 6) is -0.591. The predicted octanol–water partition coefficient (Wildman–Crippen LogP) is 4.00. The van der Waals surface area contributed by atoms with Crippen molar-refractivity contribution in [3.8, 4) is 0 Å². The molecule has 1 heterocycles. The fourth-order valence-electron chi connectivity index (χ4n) is 2.37. The summed E-state index contributed by atoms with van der Waals surface area (Å²) in [4.78, 5) is 26.9. The number of nitrogens with zero attached hydrogens (tertiary/aromatic N) is 1. The van der Waals surface area contributed by atoms with Gasteiger partial charge in [-0.1, -0.05) is 35.3 Å². The molecule has 3 rings (SSSR count). The summed E-state index contributed by atoms with van der Waals surface area (Å²) in [7, 11) is 0. The van der Waals surface area contributed by atoms with Crippen LogP contribution < -0.4 is 10.6 Å². The van der Waals surface area contributed by atoms with E-state index in [1.165, 1.54) is 11.8 Å². The van der Waals surface area contributed by atoms with Crippen molar-refractivity contribution in [2.45, 2.75) is 16.6 Å². The molecule has 1 saturated heterocycles. The number of imide groups is 1. The molecule has 7 heteroatoms. The highest BCUT2D eigenvalue weighted by atomic mass is 35.5. The second kappa shape index (κ2) is 6.43. The topological polar surface area (TPSA) is 63.4 Å². The van der Waals surface area contributed by atoms with Crippen molar-refractivity contribution in [1.29, 1.82) is 0 Å². The van der Waals surface area contributed by atoms with E-state index in [1.807, 2.05) is 12.1 Å². The highest BCUT2D eigenvalue weighted by Crippen LogP contribution is 2.39. The van der Waals surface area contributed by atoms with Crippen LogP contribution in [0.2, 0.25) is 10.0 Å². The van der Waals surface area contributed by atoms with E-state index in [2.05, 4.69) is 0 Å². The lowest BCUT2D eigenvalue weighted by Crippen LogP contribution is -2.31. The first-order chi connectivity index (χ1) is 11.0. The number of nitrogen functional groups attached to an aromatic ring is 1. The molecule has 0 aliphatic carbocycles. The van der Waals surface area contributed by atoms with Crippen molar-refractivity contribution < 1.29 is 9.59 Å². The Bertz CT molecular complexity index is 797. The Kier molecular flexibility index (Phi) is 4.53. The second-order valence-electron chi connectivity index (χ2n) is 5.02. The van der Waals surface area contributed by atoms with E-state index in [-0.39, 0.29) is 23.3 Å². The highest BCUT2D eigenvalue weighted by Gasteiger charge is 2.41. The van der Waals surface area contributed by atoms with Gasteiger partial charge in [0.05, 0.1) is 21.0 Å². The zero-order valence-corrected chi connectivity index (χ0v) is 14.2. The molecule has 0 spiro atoms. The molecule has 1 aliphatic heterocycles. The molecule has 0 bridgehead atoms. The van der Waals surface area contributed by atoms with Crippen LogP contribution in [0.15, 0.2) is 47.4 Å². The van der Waals surface area contributed by atoms with Gasteiger partial charge in [0, 0.05) is 17.0 Å². The van der Waals surface area contributed by atoms with Crippen LogP contribution in [0.3, 0.4) is 0 Å². The van der Waals surface area contributed by atoms with Gasteiger partial charge in [-0.05, 0) is 30.3 Å². The Labute approximate surface area is 147 Å². The van der Waals surface area contributed by atoms with Crippen LogP contribution in [-0.2, 0) is 9.59 Å². The molecule has 1 fully saturated rings. The van der Waals surface area contributed by atoms with Crippen LogP contribution in [0.5, 0.6) is 0 Å². The summed E-state index contributed by atoms with van der Waals surface area (Å²) >= 11 is 13.4. The standard InChI is InChI=1S/C16H12Cl2N2O2S/c17-11-5-2-6-12(15(11)18)20-14(21)8-13(16(20)22)23-10-4-1-3-9(19)7-10/h1-7,13H,8,19H2/t13-/m0/s1. The molecule has 0 aromatic heterocycles. The number of nitrogens with two attached hydrogens (primary N) is 1. The maximum Gasteiger partial charge on any atom is 0.247 e. The number of benzene rings is 2. The molecule has 118 valence electrons. The van der Waals surface area contributed by atoms with Gasteiger partial charge in [-0.15, -0.1) is 11.8 Å². The van der Waals surface area contributed by atoms with Gasteiger partial charge in [0.15, 0.2) is 0 Å². The summed E-state index contributed by atoms with van der Waals surface area (Å²) < 4.78 is 0. The molecule has 23 heavy (non-hydrogen) atoms. The van der Waals surface area contributed by atoms with Crippen molar-refractivity contribution >= 4 is 58.2 Å². The average molecular weight is 367 g/mol. The summed E-state index contributed by atoms with van der Waals surface area (Å²) in [6, 6.07) is 12.1. The third kappa shape index (κ3) is 3.17. The number of thioether (sulfide) groups is 1. The van der Waals surface area contributed by atoms with Crippen LogP contribution in [-0.4, -0.2) is 17.1 Å². The number of amides is 2. The Morgan fingerprint density at radius 1 is 1.13 bits per heavy atom. The van der Waals surface area contributed by atoms with Gasteiger partial charge in [0.2, 0.25) is 11.8 Å². The first-order valence-electron chi connectivity index (χ1n) is 6.80. The normalized spacial score (nSPS) is 17.8. The Hall–Kier alpha value is -1.69. The van der Waals surface area contributed by atoms with Crippen LogP contribution in [0.4, 0.5) is 11.4 Å². The maximum atomic E-state index is 12.6. The van der Waals surface area contributed by atoms with Crippen molar-refractivity contribution in [3.05, 3.63) is 52.5 Å². The highest BCUT2D eigenvalue weighted by molar-refractivity contribution is 8.00. The summed E-state index contributed by atoms with van der Waals surface area (Å²) in [6.07, 6.45) is 0.112. The van der Waals surface area contributed by atoms with Crippen molar-refractivity contribution in [3.63, 3.8) is 0 Å². The zero-order valence-electron chi connectivity index (χ0n) is 11.8. The van der Waals surface area contributed by atoms with E-state index >= 15 is 0 Å². The number of hydrogen-bond acceptors (Lipinski definition) is 4. The van der Waals surface area contributed by atoms with Crippen LogP contribution in [0.25, 0.3) is 0 Å². The van der Waals surface area contributed by atoms with Gasteiger partial charge in [0.25, 0.3) is 0 Å². The zero-order chi connectivity index (χ0) is 16.6. The minimum atomic E-state index is -0.501. The lowest BCUT2D eigenvalue weighted by Gasteiger charge is -2.17. The number of hydrogen-bond donors (Lipinski definition) is 1. The van der Waals surface area contributed by atoms with Gasteiger partial charge >= 0.3 is 0 Å². The lowest BCUT2D eigenvalue weighted by molar-refractivity contribution is -0.121.